The summed E-state index contributed by atoms with van der Waals surface area (Å²) in [7, 11) is 0. The Labute approximate surface area is 191 Å². The number of nitrogens with zero attached hydrogens (tertiary/aromatic N) is 1. The van der Waals surface area contributed by atoms with Gasteiger partial charge >= 0.3 is 6.18 Å². The van der Waals surface area contributed by atoms with Crippen LogP contribution in [0.15, 0.2) is 82.2 Å². The van der Waals surface area contributed by atoms with Gasteiger partial charge in [0, 0.05) is 24.1 Å². The molecule has 2 aromatic carbocycles. The molecule has 2 amide bonds. The predicted octanol–water partition coefficient (Wildman–Crippen LogP) is 5.78. The highest BCUT2D eigenvalue weighted by molar-refractivity contribution is 6.04. The average Bonchev–Trinajstić information content (AvgIpc) is 3.51. The third-order valence-corrected chi connectivity index (χ3v) is 4.82. The molecule has 2 N–H and O–H groups in total. The Bertz CT molecular complexity index is 1280. The van der Waals surface area contributed by atoms with E-state index in [1.54, 1.807) is 0 Å². The van der Waals surface area contributed by atoms with E-state index in [2.05, 4.69) is 15.6 Å². The normalized spacial score (nSPS) is 11.3. The number of aryl methyl sites for hydroxylation is 1. The molecular formula is C24H18F3N3O4. The summed E-state index contributed by atoms with van der Waals surface area (Å²) in [4.78, 5) is 28.5. The van der Waals surface area contributed by atoms with Crippen LogP contribution >= 0.6 is 0 Å². The number of hydrogen-bond acceptors (Lipinski definition) is 5. The van der Waals surface area contributed by atoms with Crippen LogP contribution in [0.5, 0.6) is 0 Å². The van der Waals surface area contributed by atoms with Gasteiger partial charge in [0.1, 0.15) is 6.26 Å². The largest absolute Gasteiger partial charge is 0.472 e. The molecule has 34 heavy (non-hydrogen) atoms. The second-order valence-corrected chi connectivity index (χ2v) is 7.26. The lowest BCUT2D eigenvalue weighted by Gasteiger charge is -2.15. The quantitative estimate of drug-likeness (QED) is 0.358. The summed E-state index contributed by atoms with van der Waals surface area (Å²) < 4.78 is 51.2. The molecule has 7 nitrogen and oxygen atoms in total. The van der Waals surface area contributed by atoms with Crippen LogP contribution < -0.4 is 10.6 Å². The summed E-state index contributed by atoms with van der Waals surface area (Å²) in [6, 6.07) is 13.7. The smallest absolute Gasteiger partial charge is 0.418 e. The van der Waals surface area contributed by atoms with Gasteiger partial charge in [0.25, 0.3) is 5.91 Å². The van der Waals surface area contributed by atoms with E-state index >= 15 is 0 Å². The standard InChI is InChI=1S/C24H18F3N3O4/c25-24(26,27)18-12-17(29-23(32)16-10-11-33-14-16)6-7-19(18)30-21(31)8-9-22-28-13-20(34-22)15-4-2-1-3-5-15/h1-7,10-14H,8-9H2,(H,29,32)(H,30,31). The number of furan rings is 1. The lowest BCUT2D eigenvalue weighted by Crippen LogP contribution is -2.18. The maximum Gasteiger partial charge on any atom is 0.418 e. The van der Waals surface area contributed by atoms with Crippen molar-refractivity contribution < 1.29 is 31.6 Å². The van der Waals surface area contributed by atoms with Crippen molar-refractivity contribution in [2.75, 3.05) is 10.6 Å². The van der Waals surface area contributed by atoms with Crippen LogP contribution in [0.3, 0.4) is 0 Å². The van der Waals surface area contributed by atoms with Gasteiger partial charge in [0.2, 0.25) is 5.91 Å². The number of oxazole rings is 1. The first kappa shape index (κ1) is 22.8. The number of anilines is 2. The molecule has 4 rings (SSSR count). The van der Waals surface area contributed by atoms with Crippen molar-refractivity contribution in [1.29, 1.82) is 0 Å². The van der Waals surface area contributed by atoms with Crippen LogP contribution in [0.2, 0.25) is 0 Å². The Balaban J connectivity index is 1.41. The van der Waals surface area contributed by atoms with E-state index in [0.717, 1.165) is 17.7 Å². The van der Waals surface area contributed by atoms with Crippen molar-refractivity contribution >= 4 is 23.2 Å². The third kappa shape index (κ3) is 5.52. The first-order chi connectivity index (χ1) is 16.3. The molecule has 0 saturated carbocycles. The number of halogens is 3. The molecule has 2 heterocycles. The first-order valence-corrected chi connectivity index (χ1v) is 10.1. The molecule has 0 aliphatic rings. The van der Waals surface area contributed by atoms with E-state index in [-0.39, 0.29) is 24.1 Å². The Morgan fingerprint density at radius 2 is 1.79 bits per heavy atom. The number of carbonyl (C=O) groups excluding carboxylic acids is 2. The first-order valence-electron chi connectivity index (χ1n) is 10.1. The van der Waals surface area contributed by atoms with E-state index < -0.39 is 29.2 Å². The molecule has 0 saturated heterocycles. The highest BCUT2D eigenvalue weighted by atomic mass is 19.4. The second-order valence-electron chi connectivity index (χ2n) is 7.26. The van der Waals surface area contributed by atoms with Crippen LogP contribution in [-0.2, 0) is 17.4 Å². The van der Waals surface area contributed by atoms with E-state index in [9.17, 15) is 22.8 Å². The van der Waals surface area contributed by atoms with Gasteiger partial charge in [-0.25, -0.2) is 4.98 Å². The van der Waals surface area contributed by atoms with Gasteiger partial charge in [-0.1, -0.05) is 30.3 Å². The minimum atomic E-state index is -4.76. The van der Waals surface area contributed by atoms with Gasteiger partial charge in [-0.2, -0.15) is 13.2 Å². The average molecular weight is 469 g/mol. The van der Waals surface area contributed by atoms with E-state index in [1.165, 1.54) is 30.9 Å². The fraction of sp³-hybridized carbons (Fsp3) is 0.125. The van der Waals surface area contributed by atoms with Gasteiger partial charge in [0.15, 0.2) is 11.7 Å². The molecule has 0 spiro atoms. The maximum absolute atomic E-state index is 13.6. The number of amides is 2. The maximum atomic E-state index is 13.6. The van der Waals surface area contributed by atoms with Gasteiger partial charge in [-0.3, -0.25) is 9.59 Å². The number of alkyl halides is 3. The zero-order valence-electron chi connectivity index (χ0n) is 17.6. The number of carbonyl (C=O) groups is 2. The van der Waals surface area contributed by atoms with Crippen molar-refractivity contribution in [1.82, 2.24) is 4.98 Å². The molecule has 0 fully saturated rings. The number of benzene rings is 2. The summed E-state index contributed by atoms with van der Waals surface area (Å²) in [6.45, 7) is 0. The fourth-order valence-electron chi connectivity index (χ4n) is 3.16. The second kappa shape index (κ2) is 9.65. The number of nitrogens with one attached hydrogen (secondary N) is 2. The number of aromatic nitrogens is 1. The van der Waals surface area contributed by atoms with Crippen LogP contribution in [0.25, 0.3) is 11.3 Å². The van der Waals surface area contributed by atoms with Crippen LogP contribution in [0, 0.1) is 0 Å². The number of rotatable bonds is 7. The highest BCUT2D eigenvalue weighted by Gasteiger charge is 2.34. The van der Waals surface area contributed by atoms with Crippen molar-refractivity contribution in [3.05, 3.63) is 90.3 Å². The van der Waals surface area contributed by atoms with Crippen molar-refractivity contribution in [2.45, 2.75) is 19.0 Å². The minimum absolute atomic E-state index is 0.0789. The van der Waals surface area contributed by atoms with Gasteiger partial charge in [0.05, 0.1) is 29.3 Å². The van der Waals surface area contributed by atoms with Gasteiger partial charge < -0.3 is 19.5 Å². The fourth-order valence-corrected chi connectivity index (χ4v) is 3.16. The zero-order valence-corrected chi connectivity index (χ0v) is 17.6. The summed E-state index contributed by atoms with van der Waals surface area (Å²) in [5.41, 5.74) is -0.609. The molecule has 2 aromatic heterocycles. The van der Waals surface area contributed by atoms with Gasteiger partial charge in [-0.05, 0) is 24.3 Å². The van der Waals surface area contributed by atoms with E-state index in [4.69, 9.17) is 8.83 Å². The molecule has 4 aromatic rings. The Morgan fingerprint density at radius 3 is 2.50 bits per heavy atom. The molecule has 0 atom stereocenters. The Hall–Kier alpha value is -4.34. The Kier molecular flexibility index (Phi) is 6.48. The molecule has 0 bridgehead atoms. The summed E-state index contributed by atoms with van der Waals surface area (Å²) in [5, 5.41) is 4.65. The van der Waals surface area contributed by atoms with Crippen molar-refractivity contribution in [3.8, 4) is 11.3 Å². The molecule has 10 heteroatoms. The van der Waals surface area contributed by atoms with Crippen molar-refractivity contribution in [3.63, 3.8) is 0 Å². The van der Waals surface area contributed by atoms with Crippen LogP contribution in [0.4, 0.5) is 24.5 Å². The SMILES string of the molecule is O=C(CCc1ncc(-c2ccccc2)o1)Nc1ccc(NC(=O)c2ccoc2)cc1C(F)(F)F. The molecule has 0 radical (unpaired) electrons. The molecule has 0 aliphatic carbocycles. The molecule has 0 unspecified atom stereocenters. The van der Waals surface area contributed by atoms with Crippen LogP contribution in [0.1, 0.15) is 28.2 Å². The van der Waals surface area contributed by atoms with E-state index in [1.807, 2.05) is 30.3 Å². The monoisotopic (exact) mass is 469 g/mol. The zero-order chi connectivity index (χ0) is 24.1. The lowest BCUT2D eigenvalue weighted by molar-refractivity contribution is -0.136. The minimum Gasteiger partial charge on any atom is -0.472 e. The topological polar surface area (TPSA) is 97.4 Å². The summed E-state index contributed by atoms with van der Waals surface area (Å²) in [5.74, 6) is -0.439. The molecular weight excluding hydrogens is 451 g/mol. The van der Waals surface area contributed by atoms with Crippen molar-refractivity contribution in [2.24, 2.45) is 0 Å². The van der Waals surface area contributed by atoms with E-state index in [0.29, 0.717) is 11.7 Å². The molecule has 0 aliphatic heterocycles. The number of hydrogen-bond donors (Lipinski definition) is 2. The highest BCUT2D eigenvalue weighted by Crippen LogP contribution is 2.37. The predicted molar refractivity (Wildman–Crippen MR) is 117 cm³/mol. The lowest BCUT2D eigenvalue weighted by atomic mass is 10.1. The van der Waals surface area contributed by atoms with Gasteiger partial charge in [-0.15, -0.1) is 0 Å². The third-order valence-electron chi connectivity index (χ3n) is 4.82. The Morgan fingerprint density at radius 1 is 1.00 bits per heavy atom. The summed E-state index contributed by atoms with van der Waals surface area (Å²) in [6.07, 6.45) is -0.808. The molecule has 174 valence electrons. The summed E-state index contributed by atoms with van der Waals surface area (Å²) >= 11 is 0. The van der Waals surface area contributed by atoms with Crippen LogP contribution in [-0.4, -0.2) is 16.8 Å².